The molecule has 5 heteroatoms. The summed E-state index contributed by atoms with van der Waals surface area (Å²) in [6, 6.07) is 14.2. The second-order valence-electron chi connectivity index (χ2n) is 7.06. The van der Waals surface area contributed by atoms with E-state index in [1.165, 1.54) is 12.1 Å². The van der Waals surface area contributed by atoms with Gasteiger partial charge in [0.15, 0.2) is 0 Å². The molecule has 0 aliphatic heterocycles. The van der Waals surface area contributed by atoms with Gasteiger partial charge < -0.3 is 15.0 Å². The molecule has 1 amide bonds. The highest BCUT2D eigenvalue weighted by molar-refractivity contribution is 5.91. The third kappa shape index (κ3) is 3.73. The molecule has 1 atom stereocenters. The van der Waals surface area contributed by atoms with Crippen LogP contribution in [0.3, 0.4) is 0 Å². The van der Waals surface area contributed by atoms with Gasteiger partial charge in [0.1, 0.15) is 11.6 Å². The Morgan fingerprint density at radius 3 is 2.50 bits per heavy atom. The molecule has 138 valence electrons. The van der Waals surface area contributed by atoms with Crippen LogP contribution in [-0.4, -0.2) is 38.6 Å². The Morgan fingerprint density at radius 1 is 1.23 bits per heavy atom. The second kappa shape index (κ2) is 7.46. The number of methoxy groups -OCH3 is 1. The van der Waals surface area contributed by atoms with Crippen molar-refractivity contribution in [2.45, 2.75) is 24.3 Å². The van der Waals surface area contributed by atoms with Crippen molar-refractivity contribution in [2.24, 2.45) is 0 Å². The summed E-state index contributed by atoms with van der Waals surface area (Å²) < 4.78 is 18.5. The SMILES string of the molecule is COc1cccc(C(CNC(=O)C2(c3ccc(F)cc3)CC2)N(C)C)c1. The number of ether oxygens (including phenoxy) is 1. The lowest BCUT2D eigenvalue weighted by Gasteiger charge is -2.26. The van der Waals surface area contributed by atoms with Crippen molar-refractivity contribution in [1.29, 1.82) is 0 Å². The van der Waals surface area contributed by atoms with Crippen molar-refractivity contribution in [3.63, 3.8) is 0 Å². The van der Waals surface area contributed by atoms with E-state index in [0.717, 1.165) is 29.7 Å². The van der Waals surface area contributed by atoms with Gasteiger partial charge in [-0.2, -0.15) is 0 Å². The highest BCUT2D eigenvalue weighted by Gasteiger charge is 2.51. The Bertz CT molecular complexity index is 770. The first-order valence-corrected chi connectivity index (χ1v) is 8.81. The van der Waals surface area contributed by atoms with Crippen LogP contribution in [0.1, 0.15) is 30.0 Å². The molecule has 1 unspecified atom stereocenters. The van der Waals surface area contributed by atoms with Crippen LogP contribution in [0, 0.1) is 5.82 Å². The summed E-state index contributed by atoms with van der Waals surface area (Å²) in [5.41, 5.74) is 1.47. The smallest absolute Gasteiger partial charge is 0.230 e. The summed E-state index contributed by atoms with van der Waals surface area (Å²) in [5, 5.41) is 3.10. The van der Waals surface area contributed by atoms with Gasteiger partial charge in [-0.05, 0) is 62.3 Å². The van der Waals surface area contributed by atoms with Crippen molar-refractivity contribution >= 4 is 5.91 Å². The molecule has 1 N–H and O–H groups in total. The Hall–Kier alpha value is -2.40. The summed E-state index contributed by atoms with van der Waals surface area (Å²) in [4.78, 5) is 14.9. The van der Waals surface area contributed by atoms with Gasteiger partial charge >= 0.3 is 0 Å². The number of carbonyl (C=O) groups is 1. The molecule has 1 aliphatic carbocycles. The quantitative estimate of drug-likeness (QED) is 0.828. The highest BCUT2D eigenvalue weighted by atomic mass is 19.1. The monoisotopic (exact) mass is 356 g/mol. The van der Waals surface area contributed by atoms with Gasteiger partial charge in [0.2, 0.25) is 5.91 Å². The lowest BCUT2D eigenvalue weighted by molar-refractivity contribution is -0.123. The van der Waals surface area contributed by atoms with Gasteiger partial charge in [-0.1, -0.05) is 24.3 Å². The fraction of sp³-hybridized carbons (Fsp3) is 0.381. The van der Waals surface area contributed by atoms with Gasteiger partial charge in [-0.25, -0.2) is 4.39 Å². The van der Waals surface area contributed by atoms with Crippen molar-refractivity contribution in [3.05, 3.63) is 65.5 Å². The number of hydrogen-bond acceptors (Lipinski definition) is 3. The Balaban J connectivity index is 1.71. The van der Waals surface area contributed by atoms with Crippen LogP contribution in [0.2, 0.25) is 0 Å². The van der Waals surface area contributed by atoms with E-state index in [1.807, 2.05) is 38.4 Å². The van der Waals surface area contributed by atoms with E-state index in [9.17, 15) is 9.18 Å². The molecule has 1 fully saturated rings. The average molecular weight is 356 g/mol. The van der Waals surface area contributed by atoms with E-state index in [0.29, 0.717) is 6.54 Å². The third-order valence-electron chi connectivity index (χ3n) is 5.14. The first-order valence-electron chi connectivity index (χ1n) is 8.81. The van der Waals surface area contributed by atoms with Gasteiger partial charge in [0.25, 0.3) is 0 Å². The maximum atomic E-state index is 13.2. The summed E-state index contributed by atoms with van der Waals surface area (Å²) in [6.07, 6.45) is 1.60. The Labute approximate surface area is 154 Å². The lowest BCUT2D eigenvalue weighted by Crippen LogP contribution is -2.40. The number of likely N-dealkylation sites (N-methyl/N-ethyl adjacent to an activating group) is 1. The van der Waals surface area contributed by atoms with Crippen molar-refractivity contribution in [1.82, 2.24) is 10.2 Å². The lowest BCUT2D eigenvalue weighted by atomic mass is 9.94. The van der Waals surface area contributed by atoms with E-state index in [-0.39, 0.29) is 17.8 Å². The molecular weight excluding hydrogens is 331 g/mol. The fourth-order valence-corrected chi connectivity index (χ4v) is 3.35. The Kier molecular flexibility index (Phi) is 5.28. The standard InChI is InChI=1S/C21H25FN2O2/c1-24(2)19(15-5-4-6-18(13-15)26-3)14-23-20(25)21(11-12-21)16-7-9-17(22)10-8-16/h4-10,13,19H,11-12,14H2,1-3H3,(H,23,25). The largest absolute Gasteiger partial charge is 0.497 e. The van der Waals surface area contributed by atoms with Crippen LogP contribution in [-0.2, 0) is 10.2 Å². The zero-order valence-corrected chi connectivity index (χ0v) is 15.5. The number of carbonyl (C=O) groups excluding carboxylic acids is 1. The highest BCUT2D eigenvalue weighted by Crippen LogP contribution is 2.48. The minimum atomic E-state index is -0.501. The van der Waals surface area contributed by atoms with E-state index < -0.39 is 5.41 Å². The van der Waals surface area contributed by atoms with Crippen molar-refractivity contribution < 1.29 is 13.9 Å². The number of hydrogen-bond donors (Lipinski definition) is 1. The van der Waals surface area contributed by atoms with Crippen molar-refractivity contribution in [3.8, 4) is 5.75 Å². The van der Waals surface area contributed by atoms with Crippen LogP contribution in [0.4, 0.5) is 4.39 Å². The molecule has 3 rings (SSSR count). The van der Waals surface area contributed by atoms with Crippen LogP contribution >= 0.6 is 0 Å². The summed E-state index contributed by atoms with van der Waals surface area (Å²) >= 11 is 0. The van der Waals surface area contributed by atoms with Crippen LogP contribution in [0.25, 0.3) is 0 Å². The minimum Gasteiger partial charge on any atom is -0.497 e. The van der Waals surface area contributed by atoms with E-state index >= 15 is 0 Å². The van der Waals surface area contributed by atoms with Crippen LogP contribution < -0.4 is 10.1 Å². The van der Waals surface area contributed by atoms with Crippen LogP contribution in [0.15, 0.2) is 48.5 Å². The maximum Gasteiger partial charge on any atom is 0.230 e. The number of nitrogens with one attached hydrogen (secondary N) is 1. The van der Waals surface area contributed by atoms with Gasteiger partial charge in [0, 0.05) is 6.54 Å². The molecule has 26 heavy (non-hydrogen) atoms. The molecule has 2 aromatic carbocycles. The average Bonchev–Trinajstić information content (AvgIpc) is 3.44. The van der Waals surface area contributed by atoms with Gasteiger partial charge in [0.05, 0.1) is 18.6 Å². The van der Waals surface area contributed by atoms with Crippen LogP contribution in [0.5, 0.6) is 5.75 Å². The minimum absolute atomic E-state index is 0.0128. The third-order valence-corrected chi connectivity index (χ3v) is 5.14. The normalized spacial score (nSPS) is 16.2. The molecule has 0 radical (unpaired) electrons. The topological polar surface area (TPSA) is 41.6 Å². The number of nitrogens with zero attached hydrogens (tertiary/aromatic N) is 1. The molecule has 0 spiro atoms. The molecule has 2 aromatic rings. The molecule has 0 saturated heterocycles. The second-order valence-corrected chi connectivity index (χ2v) is 7.06. The molecule has 4 nitrogen and oxygen atoms in total. The molecule has 1 aliphatic rings. The van der Waals surface area contributed by atoms with E-state index in [2.05, 4.69) is 10.2 Å². The zero-order chi connectivity index (χ0) is 18.7. The summed E-state index contributed by atoms with van der Waals surface area (Å²) in [6.45, 7) is 0.502. The van der Waals surface area contributed by atoms with Gasteiger partial charge in [-0.3, -0.25) is 4.79 Å². The maximum absolute atomic E-state index is 13.2. The predicted molar refractivity (Wildman–Crippen MR) is 99.7 cm³/mol. The number of rotatable bonds is 7. The van der Waals surface area contributed by atoms with Crippen molar-refractivity contribution in [2.75, 3.05) is 27.7 Å². The summed E-state index contributed by atoms with van der Waals surface area (Å²) in [7, 11) is 5.62. The first kappa shape index (κ1) is 18.4. The number of amides is 1. The van der Waals surface area contributed by atoms with Gasteiger partial charge in [-0.15, -0.1) is 0 Å². The number of halogens is 1. The molecular formula is C21H25FN2O2. The zero-order valence-electron chi connectivity index (χ0n) is 15.5. The molecule has 1 saturated carbocycles. The summed E-state index contributed by atoms with van der Waals surface area (Å²) in [5.74, 6) is 0.528. The predicted octanol–water partition coefficient (Wildman–Crippen LogP) is 3.29. The van der Waals surface area contributed by atoms with E-state index in [4.69, 9.17) is 4.74 Å². The fourth-order valence-electron chi connectivity index (χ4n) is 3.35. The number of benzene rings is 2. The first-order chi connectivity index (χ1) is 12.5. The molecule has 0 bridgehead atoms. The molecule has 0 aromatic heterocycles. The molecule has 0 heterocycles. The Morgan fingerprint density at radius 2 is 1.92 bits per heavy atom. The van der Waals surface area contributed by atoms with E-state index in [1.54, 1.807) is 19.2 Å².